The summed E-state index contributed by atoms with van der Waals surface area (Å²) in [6, 6.07) is 11.5. The van der Waals surface area contributed by atoms with Crippen LogP contribution >= 0.6 is 0 Å². The van der Waals surface area contributed by atoms with Gasteiger partial charge in [-0.05, 0) is 37.1 Å². The molecule has 1 amide bonds. The molecule has 2 aromatic rings. The summed E-state index contributed by atoms with van der Waals surface area (Å²) in [5.74, 6) is 1.39. The second-order valence-corrected chi connectivity index (χ2v) is 8.66. The van der Waals surface area contributed by atoms with Gasteiger partial charge >= 0.3 is 0 Å². The molecule has 1 saturated heterocycles. The van der Waals surface area contributed by atoms with Crippen molar-refractivity contribution in [2.24, 2.45) is 4.40 Å². The third-order valence-corrected chi connectivity index (χ3v) is 6.57. The molecule has 1 atom stereocenters. The third kappa shape index (κ3) is 3.11. The lowest BCUT2D eigenvalue weighted by molar-refractivity contribution is -0.119. The van der Waals surface area contributed by atoms with E-state index in [1.165, 1.54) is 0 Å². The zero-order valence-corrected chi connectivity index (χ0v) is 16.3. The lowest BCUT2D eigenvalue weighted by Crippen LogP contribution is -2.43. The van der Waals surface area contributed by atoms with Crippen molar-refractivity contribution in [3.8, 4) is 11.5 Å². The van der Waals surface area contributed by atoms with Gasteiger partial charge in [0.05, 0.1) is 0 Å². The van der Waals surface area contributed by atoms with Gasteiger partial charge in [-0.15, -0.1) is 4.40 Å². The van der Waals surface area contributed by atoms with E-state index in [0.29, 0.717) is 54.8 Å². The largest absolute Gasteiger partial charge is 0.486 e. The average Bonchev–Trinajstić information content (AvgIpc) is 3.31. The summed E-state index contributed by atoms with van der Waals surface area (Å²) in [7, 11) is -3.73. The van der Waals surface area contributed by atoms with Crippen LogP contribution in [0, 0.1) is 0 Å². The van der Waals surface area contributed by atoms with Crippen molar-refractivity contribution in [2.45, 2.75) is 23.8 Å². The number of sulfonamides is 1. The highest BCUT2D eigenvalue weighted by molar-refractivity contribution is 7.90. The van der Waals surface area contributed by atoms with Crippen LogP contribution in [0.5, 0.6) is 11.5 Å². The molecule has 8 nitrogen and oxygen atoms in total. The molecule has 29 heavy (non-hydrogen) atoms. The fourth-order valence-electron chi connectivity index (χ4n) is 3.94. The number of amides is 1. The summed E-state index contributed by atoms with van der Waals surface area (Å²) >= 11 is 0. The Morgan fingerprint density at radius 3 is 2.76 bits per heavy atom. The molecule has 150 valence electrons. The number of amidine groups is 1. The van der Waals surface area contributed by atoms with E-state index in [-0.39, 0.29) is 10.8 Å². The van der Waals surface area contributed by atoms with Crippen LogP contribution in [0.2, 0.25) is 0 Å². The number of carbonyl (C=O) groups is 1. The van der Waals surface area contributed by atoms with Crippen molar-refractivity contribution in [3.05, 3.63) is 48.0 Å². The summed E-state index contributed by atoms with van der Waals surface area (Å²) in [6.07, 6.45) is 1.40. The second kappa shape index (κ2) is 6.77. The van der Waals surface area contributed by atoms with E-state index in [1.54, 1.807) is 47.4 Å². The van der Waals surface area contributed by atoms with Gasteiger partial charge in [0, 0.05) is 23.9 Å². The molecule has 0 radical (unpaired) electrons. The van der Waals surface area contributed by atoms with E-state index < -0.39 is 16.1 Å². The van der Waals surface area contributed by atoms with Crippen molar-refractivity contribution in [1.82, 2.24) is 4.90 Å². The number of hydrogen-bond acceptors (Lipinski definition) is 6. The molecule has 0 unspecified atom stereocenters. The van der Waals surface area contributed by atoms with Crippen LogP contribution in [0.1, 0.15) is 18.4 Å². The number of ether oxygens (including phenoxy) is 2. The molecular formula is C20H19N3O5S. The molecule has 1 N–H and O–H groups in total. The average molecular weight is 413 g/mol. The predicted molar refractivity (Wildman–Crippen MR) is 106 cm³/mol. The highest BCUT2D eigenvalue weighted by atomic mass is 32.2. The van der Waals surface area contributed by atoms with Gasteiger partial charge in [-0.1, -0.05) is 12.1 Å². The van der Waals surface area contributed by atoms with E-state index >= 15 is 0 Å². The van der Waals surface area contributed by atoms with Gasteiger partial charge in [0.1, 0.15) is 24.2 Å². The summed E-state index contributed by atoms with van der Waals surface area (Å²) < 4.78 is 39.8. The van der Waals surface area contributed by atoms with Crippen molar-refractivity contribution in [3.63, 3.8) is 0 Å². The number of fused-ring (bicyclic) bond motifs is 2. The molecule has 2 aromatic carbocycles. The highest BCUT2D eigenvalue weighted by Gasteiger charge is 2.39. The smallest absolute Gasteiger partial charge is 0.285 e. The minimum atomic E-state index is -3.73. The molecule has 3 aliphatic heterocycles. The van der Waals surface area contributed by atoms with Crippen molar-refractivity contribution in [2.75, 3.05) is 25.1 Å². The van der Waals surface area contributed by atoms with Crippen LogP contribution in [0.3, 0.4) is 0 Å². The zero-order chi connectivity index (χ0) is 20.0. The standard InChI is InChI=1S/C20H19N3O5S/c24-20(21-13-7-8-16-17(12-13)28-11-10-27-16)15-5-3-9-23(15)19-14-4-1-2-6-18(14)29(25,26)22-19/h1-2,4,6-8,12,15H,3,5,9-11H2,(H,21,24)/t15-/m0/s1. The van der Waals surface area contributed by atoms with Gasteiger partial charge in [0.2, 0.25) is 5.91 Å². The minimum absolute atomic E-state index is 0.188. The van der Waals surface area contributed by atoms with Gasteiger partial charge in [0.25, 0.3) is 10.0 Å². The monoisotopic (exact) mass is 413 g/mol. The van der Waals surface area contributed by atoms with Gasteiger partial charge in [-0.3, -0.25) is 4.79 Å². The second-order valence-electron chi connectivity index (χ2n) is 7.09. The van der Waals surface area contributed by atoms with Gasteiger partial charge in [-0.2, -0.15) is 8.42 Å². The molecular weight excluding hydrogens is 394 g/mol. The molecule has 0 saturated carbocycles. The zero-order valence-electron chi connectivity index (χ0n) is 15.5. The maximum Gasteiger partial charge on any atom is 0.285 e. The number of anilines is 1. The Bertz CT molecular complexity index is 1130. The molecule has 0 aromatic heterocycles. The van der Waals surface area contributed by atoms with E-state index in [0.717, 1.165) is 6.42 Å². The molecule has 3 aliphatic rings. The first-order valence-corrected chi connectivity index (χ1v) is 10.9. The molecule has 9 heteroatoms. The Labute approximate surface area is 168 Å². The number of carbonyl (C=O) groups excluding carboxylic acids is 1. The number of nitrogens with one attached hydrogen (secondary N) is 1. The van der Waals surface area contributed by atoms with E-state index in [9.17, 15) is 13.2 Å². The maximum atomic E-state index is 13.0. The Hall–Kier alpha value is -3.07. The summed E-state index contributed by atoms with van der Waals surface area (Å²) in [5, 5.41) is 2.91. The number of likely N-dealkylation sites (tertiary alicyclic amines) is 1. The highest BCUT2D eigenvalue weighted by Crippen LogP contribution is 2.34. The Morgan fingerprint density at radius 1 is 1.10 bits per heavy atom. The fourth-order valence-corrected chi connectivity index (χ4v) is 5.15. The summed E-state index contributed by atoms with van der Waals surface area (Å²) in [4.78, 5) is 15.0. The maximum absolute atomic E-state index is 13.0. The Kier molecular flexibility index (Phi) is 4.20. The minimum Gasteiger partial charge on any atom is -0.486 e. The van der Waals surface area contributed by atoms with Crippen LogP contribution in [-0.4, -0.2) is 50.9 Å². The van der Waals surface area contributed by atoms with Crippen LogP contribution in [-0.2, 0) is 14.8 Å². The molecule has 0 aliphatic carbocycles. The fraction of sp³-hybridized carbons (Fsp3) is 0.300. The molecule has 0 spiro atoms. The van der Waals surface area contributed by atoms with Crippen molar-refractivity contribution >= 4 is 27.5 Å². The van der Waals surface area contributed by atoms with Crippen LogP contribution in [0.25, 0.3) is 0 Å². The number of rotatable bonds is 2. The Balaban J connectivity index is 1.40. The quantitative estimate of drug-likeness (QED) is 0.809. The van der Waals surface area contributed by atoms with Gasteiger partial charge in [0.15, 0.2) is 17.3 Å². The van der Waals surface area contributed by atoms with Crippen LogP contribution in [0.4, 0.5) is 5.69 Å². The van der Waals surface area contributed by atoms with Crippen molar-refractivity contribution < 1.29 is 22.7 Å². The number of benzene rings is 2. The van der Waals surface area contributed by atoms with Crippen LogP contribution in [0.15, 0.2) is 51.8 Å². The first-order valence-electron chi connectivity index (χ1n) is 9.44. The Morgan fingerprint density at radius 2 is 1.90 bits per heavy atom. The normalized spacial score (nSPS) is 21.4. The summed E-state index contributed by atoms with van der Waals surface area (Å²) in [6.45, 7) is 1.54. The van der Waals surface area contributed by atoms with Crippen molar-refractivity contribution in [1.29, 1.82) is 0 Å². The van der Waals surface area contributed by atoms with E-state index in [1.807, 2.05) is 0 Å². The third-order valence-electron chi connectivity index (χ3n) is 5.25. The SMILES string of the molecule is O=C(Nc1ccc2c(c1)OCCO2)[C@@H]1CCCN1C1=NS(=O)(=O)c2ccccc21. The molecule has 5 rings (SSSR count). The molecule has 3 heterocycles. The number of nitrogens with zero attached hydrogens (tertiary/aromatic N) is 2. The van der Waals surface area contributed by atoms with Gasteiger partial charge in [-0.25, -0.2) is 0 Å². The number of hydrogen-bond donors (Lipinski definition) is 1. The first kappa shape index (κ1) is 18.0. The lowest BCUT2D eigenvalue weighted by Gasteiger charge is -2.26. The van der Waals surface area contributed by atoms with Gasteiger partial charge < -0.3 is 19.7 Å². The summed E-state index contributed by atoms with van der Waals surface area (Å²) in [5.41, 5.74) is 1.15. The first-order chi connectivity index (χ1) is 14.0. The molecule has 0 bridgehead atoms. The van der Waals surface area contributed by atoms with Crippen LogP contribution < -0.4 is 14.8 Å². The van der Waals surface area contributed by atoms with E-state index in [2.05, 4.69) is 9.71 Å². The topological polar surface area (TPSA) is 97.3 Å². The molecule has 1 fully saturated rings. The van der Waals surface area contributed by atoms with E-state index in [4.69, 9.17) is 9.47 Å². The lowest BCUT2D eigenvalue weighted by atomic mass is 10.1. The predicted octanol–water partition coefficient (Wildman–Crippen LogP) is 2.01.